The zero-order valence-electron chi connectivity index (χ0n) is 12.1. The summed E-state index contributed by atoms with van der Waals surface area (Å²) in [4.78, 5) is 26.4. The third-order valence-electron chi connectivity index (χ3n) is 3.24. The van der Waals surface area contributed by atoms with Crippen LogP contribution in [-0.4, -0.2) is 23.2 Å². The third kappa shape index (κ3) is 3.16. The van der Waals surface area contributed by atoms with Crippen molar-refractivity contribution >= 4 is 5.97 Å². The molecule has 0 unspecified atom stereocenters. The number of carbonyl (C=O) groups excluding carboxylic acids is 1. The lowest BCUT2D eigenvalue weighted by molar-refractivity contribution is -0.140. The smallest absolute Gasteiger partial charge is 0.306 e. The van der Waals surface area contributed by atoms with Crippen LogP contribution in [0.4, 0.5) is 0 Å². The summed E-state index contributed by atoms with van der Waals surface area (Å²) < 4.78 is 10.2. The Kier molecular flexibility index (Phi) is 4.16. The second-order valence-corrected chi connectivity index (χ2v) is 4.86. The summed E-state index contributed by atoms with van der Waals surface area (Å²) in [6.07, 6.45) is -0.0941. The van der Waals surface area contributed by atoms with Crippen LogP contribution in [0.5, 0.6) is 5.75 Å². The number of methoxy groups -OCH3 is 1. The molecule has 0 aliphatic carbocycles. The van der Waals surface area contributed by atoms with Crippen molar-refractivity contribution in [2.45, 2.75) is 26.2 Å². The van der Waals surface area contributed by atoms with E-state index in [-0.39, 0.29) is 17.7 Å². The highest BCUT2D eigenvalue weighted by atomic mass is 16.5. The van der Waals surface area contributed by atoms with Crippen molar-refractivity contribution in [3.05, 3.63) is 51.3 Å². The van der Waals surface area contributed by atoms with Gasteiger partial charge in [-0.15, -0.1) is 0 Å². The molecule has 2 aromatic rings. The molecule has 2 aromatic heterocycles. The summed E-state index contributed by atoms with van der Waals surface area (Å²) in [5.41, 5.74) is 0.185. The van der Waals surface area contributed by atoms with Crippen LogP contribution >= 0.6 is 0 Å². The second kappa shape index (κ2) is 5.87. The first-order chi connectivity index (χ1) is 9.92. The van der Waals surface area contributed by atoms with Gasteiger partial charge in [-0.2, -0.15) is 0 Å². The van der Waals surface area contributed by atoms with E-state index in [4.69, 9.17) is 4.42 Å². The molecule has 0 saturated heterocycles. The van der Waals surface area contributed by atoms with Gasteiger partial charge in [-0.05, 0) is 32.0 Å². The first-order valence-corrected chi connectivity index (χ1v) is 6.48. The van der Waals surface area contributed by atoms with Gasteiger partial charge in [0.25, 0.3) is 5.56 Å². The van der Waals surface area contributed by atoms with Gasteiger partial charge in [-0.3, -0.25) is 9.59 Å². The van der Waals surface area contributed by atoms with Gasteiger partial charge in [0.05, 0.1) is 25.0 Å². The normalized spacial score (nSPS) is 12.1. The summed E-state index contributed by atoms with van der Waals surface area (Å²) >= 11 is 0. The van der Waals surface area contributed by atoms with Crippen molar-refractivity contribution in [3.63, 3.8) is 0 Å². The van der Waals surface area contributed by atoms with E-state index in [2.05, 4.69) is 9.72 Å². The lowest BCUT2D eigenvalue weighted by Crippen LogP contribution is -2.20. The molecule has 1 atom stereocenters. The molecule has 0 aliphatic heterocycles. The van der Waals surface area contributed by atoms with Gasteiger partial charge in [-0.25, -0.2) is 0 Å². The Morgan fingerprint density at radius 1 is 1.43 bits per heavy atom. The molecule has 0 radical (unpaired) electrons. The van der Waals surface area contributed by atoms with E-state index in [0.717, 1.165) is 0 Å². The summed E-state index contributed by atoms with van der Waals surface area (Å²) in [5.74, 6) is -0.270. The van der Waals surface area contributed by atoms with Crippen LogP contribution < -0.4 is 5.56 Å². The molecule has 0 saturated carbocycles. The van der Waals surface area contributed by atoms with E-state index in [9.17, 15) is 14.7 Å². The zero-order chi connectivity index (χ0) is 15.6. The van der Waals surface area contributed by atoms with Gasteiger partial charge in [0, 0.05) is 5.69 Å². The van der Waals surface area contributed by atoms with Crippen LogP contribution in [0, 0.1) is 13.8 Å². The maximum atomic E-state index is 12.1. The van der Waals surface area contributed by atoms with Crippen LogP contribution in [0.1, 0.15) is 35.1 Å². The molecule has 2 rings (SSSR count). The molecule has 0 bridgehead atoms. The maximum Gasteiger partial charge on any atom is 0.306 e. The number of nitrogens with one attached hydrogen (secondary N) is 1. The minimum Gasteiger partial charge on any atom is -0.507 e. The van der Waals surface area contributed by atoms with Gasteiger partial charge in [0.1, 0.15) is 17.3 Å². The minimum atomic E-state index is -0.699. The molecule has 2 N–H and O–H groups in total. The van der Waals surface area contributed by atoms with Crippen molar-refractivity contribution < 1.29 is 19.1 Å². The molecule has 6 heteroatoms. The van der Waals surface area contributed by atoms with Crippen molar-refractivity contribution in [2.24, 2.45) is 0 Å². The maximum absolute atomic E-state index is 12.1. The summed E-state index contributed by atoms with van der Waals surface area (Å²) in [7, 11) is 1.27. The number of pyridine rings is 1. The van der Waals surface area contributed by atoms with E-state index in [1.807, 2.05) is 0 Å². The Hall–Kier alpha value is -2.50. The minimum absolute atomic E-state index is 0.0941. The fraction of sp³-hybridized carbons (Fsp3) is 0.333. The predicted molar refractivity (Wildman–Crippen MR) is 75.4 cm³/mol. The fourth-order valence-electron chi connectivity index (χ4n) is 2.25. The molecule has 0 aliphatic rings. The Bertz CT molecular complexity index is 713. The molecule has 0 spiro atoms. The number of hydrogen-bond acceptors (Lipinski definition) is 5. The number of carbonyl (C=O) groups is 1. The highest BCUT2D eigenvalue weighted by Crippen LogP contribution is 2.32. The van der Waals surface area contributed by atoms with Gasteiger partial charge in [-0.1, -0.05) is 0 Å². The summed E-state index contributed by atoms with van der Waals surface area (Å²) in [6.45, 7) is 3.43. The van der Waals surface area contributed by atoms with Gasteiger partial charge in [0.15, 0.2) is 0 Å². The van der Waals surface area contributed by atoms with Crippen LogP contribution in [-0.2, 0) is 9.53 Å². The molecule has 0 fully saturated rings. The molecular weight excluding hydrogens is 274 g/mol. The first-order valence-electron chi connectivity index (χ1n) is 6.48. The molecule has 112 valence electrons. The molecule has 0 amide bonds. The first kappa shape index (κ1) is 14.9. The molecule has 2 heterocycles. The number of aromatic hydroxyl groups is 1. The number of H-pyrrole nitrogens is 1. The Balaban J connectivity index is 2.55. The van der Waals surface area contributed by atoms with E-state index < -0.39 is 17.4 Å². The zero-order valence-corrected chi connectivity index (χ0v) is 12.1. The Morgan fingerprint density at radius 2 is 2.14 bits per heavy atom. The molecular formula is C15H17NO5. The number of aromatic amines is 1. The lowest BCUT2D eigenvalue weighted by Gasteiger charge is -2.15. The number of aryl methyl sites for hydroxylation is 2. The van der Waals surface area contributed by atoms with E-state index in [1.165, 1.54) is 13.2 Å². The fourth-order valence-corrected chi connectivity index (χ4v) is 2.25. The number of ether oxygens (including phenoxy) is 1. The number of furan rings is 1. The SMILES string of the molecule is COC(=O)C[C@H](c1ccc(C)o1)c1c(O)cc(C)[nH]c1=O. The van der Waals surface area contributed by atoms with Crippen molar-refractivity contribution in [1.82, 2.24) is 4.98 Å². The van der Waals surface area contributed by atoms with E-state index >= 15 is 0 Å². The van der Waals surface area contributed by atoms with Gasteiger partial charge < -0.3 is 19.2 Å². The number of esters is 1. The largest absolute Gasteiger partial charge is 0.507 e. The quantitative estimate of drug-likeness (QED) is 0.840. The highest BCUT2D eigenvalue weighted by molar-refractivity contribution is 5.71. The lowest BCUT2D eigenvalue weighted by atomic mass is 9.93. The molecule has 0 aromatic carbocycles. The molecule has 6 nitrogen and oxygen atoms in total. The Labute approximate surface area is 121 Å². The molecule has 21 heavy (non-hydrogen) atoms. The Morgan fingerprint density at radius 3 is 2.67 bits per heavy atom. The summed E-state index contributed by atoms with van der Waals surface area (Å²) in [5, 5.41) is 10.1. The predicted octanol–water partition coefficient (Wildman–Crippen LogP) is 1.99. The third-order valence-corrected chi connectivity index (χ3v) is 3.24. The van der Waals surface area contributed by atoms with Crippen LogP contribution in [0.2, 0.25) is 0 Å². The van der Waals surface area contributed by atoms with Crippen LogP contribution in [0.25, 0.3) is 0 Å². The number of aromatic nitrogens is 1. The highest BCUT2D eigenvalue weighted by Gasteiger charge is 2.27. The van der Waals surface area contributed by atoms with E-state index in [1.54, 1.807) is 26.0 Å². The van der Waals surface area contributed by atoms with Gasteiger partial charge >= 0.3 is 5.97 Å². The average molecular weight is 291 g/mol. The van der Waals surface area contributed by atoms with Crippen molar-refractivity contribution in [3.8, 4) is 5.75 Å². The number of rotatable bonds is 4. The monoisotopic (exact) mass is 291 g/mol. The van der Waals surface area contributed by atoms with Crippen molar-refractivity contribution in [1.29, 1.82) is 0 Å². The van der Waals surface area contributed by atoms with Gasteiger partial charge in [0.2, 0.25) is 0 Å². The number of hydrogen-bond donors (Lipinski definition) is 2. The van der Waals surface area contributed by atoms with E-state index in [0.29, 0.717) is 17.2 Å². The standard InChI is InChI=1S/C15H17NO5/c1-8-6-11(17)14(15(19)16-8)10(7-13(18)20-3)12-5-4-9(2)21-12/h4-6,10H,7H2,1-3H3,(H2,16,17,19)/t10-/m1/s1. The van der Waals surface area contributed by atoms with Crippen LogP contribution in [0.15, 0.2) is 27.4 Å². The average Bonchev–Trinajstić information content (AvgIpc) is 2.82. The van der Waals surface area contributed by atoms with Crippen molar-refractivity contribution in [2.75, 3.05) is 7.11 Å². The van der Waals surface area contributed by atoms with Crippen LogP contribution in [0.3, 0.4) is 0 Å². The summed E-state index contributed by atoms with van der Waals surface area (Å²) in [6, 6.07) is 4.86. The second-order valence-electron chi connectivity index (χ2n) is 4.86. The topological polar surface area (TPSA) is 92.5 Å².